The van der Waals surface area contributed by atoms with Crippen molar-refractivity contribution in [2.45, 2.75) is 31.9 Å². The summed E-state index contributed by atoms with van der Waals surface area (Å²) in [5.41, 5.74) is 13.5. The molecular weight excluding hydrogens is 356 g/mol. The quantitative estimate of drug-likeness (QED) is 0.722. The first-order chi connectivity index (χ1) is 13.3. The van der Waals surface area contributed by atoms with Gasteiger partial charge >= 0.3 is 0 Å². The number of hydrogen-bond acceptors (Lipinski definition) is 6. The van der Waals surface area contributed by atoms with Gasteiger partial charge < -0.3 is 15.8 Å². The van der Waals surface area contributed by atoms with E-state index in [0.717, 1.165) is 35.7 Å². The predicted octanol–water partition coefficient (Wildman–Crippen LogP) is 3.95. The molecule has 1 saturated heterocycles. The Morgan fingerprint density at radius 2 is 2.15 bits per heavy atom. The molecule has 2 aliphatic heterocycles. The molecule has 0 aliphatic carbocycles. The van der Waals surface area contributed by atoms with Gasteiger partial charge in [0.15, 0.2) is 0 Å². The molecule has 0 saturated carbocycles. The average Bonchev–Trinajstić information content (AvgIpc) is 3.41. The SMILES string of the molecule is Nc1ncc(-c2cc3c(c(C4CCCN4)c2)COCC3)cc1-c1nccs1. The highest BCUT2D eigenvalue weighted by molar-refractivity contribution is 7.13. The van der Waals surface area contributed by atoms with Crippen molar-refractivity contribution in [2.24, 2.45) is 0 Å². The van der Waals surface area contributed by atoms with Gasteiger partial charge in [-0.15, -0.1) is 11.3 Å². The van der Waals surface area contributed by atoms with Gasteiger partial charge in [-0.3, -0.25) is 0 Å². The fourth-order valence-corrected chi connectivity index (χ4v) is 4.76. The van der Waals surface area contributed by atoms with E-state index in [1.54, 1.807) is 17.5 Å². The molecule has 138 valence electrons. The zero-order valence-corrected chi connectivity index (χ0v) is 15.9. The third kappa shape index (κ3) is 3.14. The lowest BCUT2D eigenvalue weighted by atomic mass is 9.88. The van der Waals surface area contributed by atoms with Crippen LogP contribution in [0.1, 0.15) is 35.6 Å². The van der Waals surface area contributed by atoms with Crippen molar-refractivity contribution in [1.82, 2.24) is 15.3 Å². The second-order valence-electron chi connectivity index (χ2n) is 7.15. The fourth-order valence-electron chi connectivity index (χ4n) is 4.10. The van der Waals surface area contributed by atoms with E-state index < -0.39 is 0 Å². The lowest BCUT2D eigenvalue weighted by molar-refractivity contribution is 0.109. The molecule has 1 atom stereocenters. The number of thiazole rings is 1. The van der Waals surface area contributed by atoms with E-state index in [-0.39, 0.29) is 0 Å². The summed E-state index contributed by atoms with van der Waals surface area (Å²) in [4.78, 5) is 8.86. The van der Waals surface area contributed by atoms with E-state index in [1.165, 1.54) is 35.1 Å². The molecule has 6 heteroatoms. The molecule has 0 bridgehead atoms. The molecule has 5 rings (SSSR count). The standard InChI is InChI=1S/C21H22N4OS/c22-20-17(21-24-5-7-27-21)10-15(11-25-20)14-8-13-3-6-26-12-18(13)16(9-14)19-2-1-4-23-19/h5,7-11,19,23H,1-4,6,12H2,(H2,22,25). The molecule has 1 aromatic carbocycles. The maximum Gasteiger partial charge on any atom is 0.133 e. The maximum absolute atomic E-state index is 6.13. The van der Waals surface area contributed by atoms with Gasteiger partial charge in [0.2, 0.25) is 0 Å². The molecule has 5 nitrogen and oxygen atoms in total. The first-order valence-electron chi connectivity index (χ1n) is 9.42. The van der Waals surface area contributed by atoms with Crippen LogP contribution in [-0.4, -0.2) is 23.1 Å². The summed E-state index contributed by atoms with van der Waals surface area (Å²) in [6.07, 6.45) is 7.04. The molecular formula is C21H22N4OS. The number of nitrogens with zero attached hydrogens (tertiary/aromatic N) is 2. The summed E-state index contributed by atoms with van der Waals surface area (Å²) in [6.45, 7) is 2.59. The minimum Gasteiger partial charge on any atom is -0.383 e. The van der Waals surface area contributed by atoms with Crippen LogP contribution in [0.4, 0.5) is 5.82 Å². The van der Waals surface area contributed by atoms with Crippen LogP contribution >= 0.6 is 11.3 Å². The van der Waals surface area contributed by atoms with Crippen molar-refractivity contribution in [3.8, 4) is 21.7 Å². The smallest absolute Gasteiger partial charge is 0.133 e. The zero-order chi connectivity index (χ0) is 18.2. The van der Waals surface area contributed by atoms with Crippen LogP contribution in [-0.2, 0) is 17.8 Å². The van der Waals surface area contributed by atoms with Gasteiger partial charge in [-0.1, -0.05) is 6.07 Å². The molecule has 3 N–H and O–H groups in total. The fraction of sp³-hybridized carbons (Fsp3) is 0.333. The second-order valence-corrected chi connectivity index (χ2v) is 8.04. The molecule has 0 spiro atoms. The molecule has 3 aromatic rings. The third-order valence-corrected chi connectivity index (χ3v) is 6.30. The van der Waals surface area contributed by atoms with Crippen molar-refractivity contribution in [3.05, 3.63) is 52.7 Å². The summed E-state index contributed by atoms with van der Waals surface area (Å²) >= 11 is 1.58. The van der Waals surface area contributed by atoms with Gasteiger partial charge in [0.25, 0.3) is 0 Å². The summed E-state index contributed by atoms with van der Waals surface area (Å²) < 4.78 is 5.76. The summed E-state index contributed by atoms with van der Waals surface area (Å²) in [5, 5.41) is 6.52. The molecule has 0 amide bonds. The number of nitrogens with two attached hydrogens (primary N) is 1. The number of anilines is 1. The second kappa shape index (κ2) is 7.03. The first-order valence-corrected chi connectivity index (χ1v) is 10.3. The Labute approximate surface area is 162 Å². The van der Waals surface area contributed by atoms with E-state index in [9.17, 15) is 0 Å². The highest BCUT2D eigenvalue weighted by Crippen LogP contribution is 2.36. The number of fused-ring (bicyclic) bond motifs is 1. The zero-order valence-electron chi connectivity index (χ0n) is 15.1. The van der Waals surface area contributed by atoms with Crippen LogP contribution in [0.25, 0.3) is 21.7 Å². The maximum atomic E-state index is 6.13. The number of nitrogens with one attached hydrogen (secondary N) is 1. The van der Waals surface area contributed by atoms with Gasteiger partial charge in [0.05, 0.1) is 18.8 Å². The van der Waals surface area contributed by atoms with Gasteiger partial charge in [-0.25, -0.2) is 9.97 Å². The van der Waals surface area contributed by atoms with Crippen LogP contribution < -0.4 is 11.1 Å². The van der Waals surface area contributed by atoms with Crippen molar-refractivity contribution in [1.29, 1.82) is 0 Å². The number of pyridine rings is 1. The Kier molecular flexibility index (Phi) is 4.39. The number of hydrogen-bond donors (Lipinski definition) is 2. The lowest BCUT2D eigenvalue weighted by Gasteiger charge is -2.24. The summed E-state index contributed by atoms with van der Waals surface area (Å²) in [6, 6.07) is 7.15. The Balaban J connectivity index is 1.63. The number of ether oxygens (including phenoxy) is 1. The van der Waals surface area contributed by atoms with Crippen molar-refractivity contribution in [3.63, 3.8) is 0 Å². The van der Waals surface area contributed by atoms with Crippen LogP contribution in [0.3, 0.4) is 0 Å². The van der Waals surface area contributed by atoms with Gasteiger partial charge in [-0.2, -0.15) is 0 Å². The number of nitrogen functional groups attached to an aromatic ring is 1. The molecule has 2 aromatic heterocycles. The highest BCUT2D eigenvalue weighted by atomic mass is 32.1. The van der Waals surface area contributed by atoms with Crippen LogP contribution in [0, 0.1) is 0 Å². The predicted molar refractivity (Wildman–Crippen MR) is 109 cm³/mol. The molecule has 2 aliphatic rings. The van der Waals surface area contributed by atoms with Gasteiger partial charge in [-0.05, 0) is 60.2 Å². The van der Waals surface area contributed by atoms with E-state index in [0.29, 0.717) is 18.5 Å². The molecule has 1 unspecified atom stereocenters. The number of aromatic nitrogens is 2. The molecule has 27 heavy (non-hydrogen) atoms. The highest BCUT2D eigenvalue weighted by Gasteiger charge is 2.24. The topological polar surface area (TPSA) is 73.1 Å². The molecule has 4 heterocycles. The van der Waals surface area contributed by atoms with Crippen LogP contribution in [0.2, 0.25) is 0 Å². The van der Waals surface area contributed by atoms with Crippen molar-refractivity contribution in [2.75, 3.05) is 18.9 Å². The van der Waals surface area contributed by atoms with Crippen molar-refractivity contribution < 1.29 is 4.74 Å². The summed E-state index contributed by atoms with van der Waals surface area (Å²) in [5.74, 6) is 0.526. The van der Waals surface area contributed by atoms with E-state index in [1.807, 2.05) is 11.6 Å². The monoisotopic (exact) mass is 378 g/mol. The minimum absolute atomic E-state index is 0.417. The number of benzene rings is 1. The summed E-state index contributed by atoms with van der Waals surface area (Å²) in [7, 11) is 0. The van der Waals surface area contributed by atoms with E-state index in [4.69, 9.17) is 10.5 Å². The normalized spacial score (nSPS) is 19.2. The third-order valence-electron chi connectivity index (χ3n) is 5.49. The van der Waals surface area contributed by atoms with E-state index in [2.05, 4.69) is 33.5 Å². The Morgan fingerprint density at radius 3 is 2.96 bits per heavy atom. The van der Waals surface area contributed by atoms with Gasteiger partial charge in [0.1, 0.15) is 10.8 Å². The molecule has 1 fully saturated rings. The lowest BCUT2D eigenvalue weighted by Crippen LogP contribution is -2.19. The van der Waals surface area contributed by atoms with Gasteiger partial charge in [0, 0.05) is 29.4 Å². The average molecular weight is 379 g/mol. The van der Waals surface area contributed by atoms with Crippen LogP contribution in [0.15, 0.2) is 36.0 Å². The van der Waals surface area contributed by atoms with Crippen molar-refractivity contribution >= 4 is 17.2 Å². The van der Waals surface area contributed by atoms with E-state index >= 15 is 0 Å². The Morgan fingerprint density at radius 1 is 1.19 bits per heavy atom. The van der Waals surface area contributed by atoms with Crippen LogP contribution in [0.5, 0.6) is 0 Å². The molecule has 0 radical (unpaired) electrons. The first kappa shape index (κ1) is 16.9. The largest absolute Gasteiger partial charge is 0.383 e. The number of rotatable bonds is 3. The minimum atomic E-state index is 0.417. The Hall–Kier alpha value is -2.28. The Bertz CT molecular complexity index is 965.